The van der Waals surface area contributed by atoms with Crippen LogP contribution in [0.4, 0.5) is 5.95 Å². The van der Waals surface area contributed by atoms with E-state index < -0.39 is 53.7 Å². The molecule has 2 fully saturated rings. The van der Waals surface area contributed by atoms with Gasteiger partial charge in [-0.1, -0.05) is 13.8 Å². The molecule has 5 N–H and O–H groups in total. The van der Waals surface area contributed by atoms with Crippen LogP contribution in [0.1, 0.15) is 53.2 Å². The van der Waals surface area contributed by atoms with Crippen molar-refractivity contribution in [2.45, 2.75) is 88.5 Å². The van der Waals surface area contributed by atoms with Gasteiger partial charge in [-0.3, -0.25) is 9.36 Å². The molecule has 204 valence electrons. The average molecular weight is 530 g/mol. The number of imidazole rings is 1. The smallest absolute Gasteiger partial charge is 0.287 e. The van der Waals surface area contributed by atoms with Crippen LogP contribution in [0.25, 0.3) is 16.9 Å². The highest BCUT2D eigenvalue weighted by molar-refractivity contribution is 5.74. The van der Waals surface area contributed by atoms with Crippen molar-refractivity contribution in [2.24, 2.45) is 0 Å². The SMILES string of the molecule is CCC(C)(O)/C(=C/C#N)n1c(N)nc2c(ncn2[C@H]2O[C@@H](CO)C3OC(CC#N)(C(C)(O)CC)OC32)c1=O. The third kappa shape index (κ3) is 4.06. The quantitative estimate of drug-likeness (QED) is 0.336. The molecule has 0 spiro atoms. The number of hydrogen-bond donors (Lipinski definition) is 4. The number of nitriles is 2. The van der Waals surface area contributed by atoms with E-state index in [0.29, 0.717) is 0 Å². The Hall–Kier alpha value is -3.37. The summed E-state index contributed by atoms with van der Waals surface area (Å²) in [6.45, 7) is 5.92. The number of fused-ring (bicyclic) bond motifs is 2. The summed E-state index contributed by atoms with van der Waals surface area (Å²) in [5, 5.41) is 50.5. The first-order valence-electron chi connectivity index (χ1n) is 12.2. The van der Waals surface area contributed by atoms with Crippen LogP contribution in [-0.4, -0.2) is 76.3 Å². The van der Waals surface area contributed by atoms with Gasteiger partial charge in [0, 0.05) is 6.08 Å². The third-order valence-electron chi connectivity index (χ3n) is 7.52. The van der Waals surface area contributed by atoms with Crippen molar-refractivity contribution in [1.82, 2.24) is 19.1 Å². The summed E-state index contributed by atoms with van der Waals surface area (Å²) in [5.74, 6) is -1.98. The normalized spacial score (nSPS) is 30.4. The van der Waals surface area contributed by atoms with E-state index in [9.17, 15) is 30.6 Å². The van der Waals surface area contributed by atoms with Crippen LogP contribution in [0.15, 0.2) is 17.2 Å². The Labute approximate surface area is 218 Å². The van der Waals surface area contributed by atoms with Crippen molar-refractivity contribution in [3.63, 3.8) is 0 Å². The van der Waals surface area contributed by atoms with Gasteiger partial charge in [-0.25, -0.2) is 9.55 Å². The van der Waals surface area contributed by atoms with Crippen LogP contribution < -0.4 is 11.3 Å². The van der Waals surface area contributed by atoms with Crippen molar-refractivity contribution in [1.29, 1.82) is 10.5 Å². The van der Waals surface area contributed by atoms with E-state index in [2.05, 4.69) is 9.97 Å². The Morgan fingerprint density at radius 1 is 1.26 bits per heavy atom. The molecule has 4 rings (SSSR count). The molecule has 0 amide bonds. The number of anilines is 1. The van der Waals surface area contributed by atoms with Crippen molar-refractivity contribution in [3.05, 3.63) is 22.8 Å². The molecule has 38 heavy (non-hydrogen) atoms. The van der Waals surface area contributed by atoms with Gasteiger partial charge in [0.05, 0.1) is 37.2 Å². The van der Waals surface area contributed by atoms with Gasteiger partial charge < -0.3 is 35.3 Å². The van der Waals surface area contributed by atoms with E-state index in [1.807, 2.05) is 12.1 Å². The maximum Gasteiger partial charge on any atom is 0.287 e. The first-order valence-corrected chi connectivity index (χ1v) is 12.2. The Kier molecular flexibility index (Phi) is 7.09. The number of aromatic nitrogens is 4. The van der Waals surface area contributed by atoms with Crippen LogP contribution in [0.2, 0.25) is 0 Å². The van der Waals surface area contributed by atoms with Gasteiger partial charge >= 0.3 is 0 Å². The molecule has 14 nitrogen and oxygen atoms in total. The average Bonchev–Trinajstić information content (AvgIpc) is 3.56. The summed E-state index contributed by atoms with van der Waals surface area (Å²) in [6.07, 6.45) is -1.20. The van der Waals surface area contributed by atoms with Crippen molar-refractivity contribution in [3.8, 4) is 12.1 Å². The Morgan fingerprint density at radius 2 is 1.95 bits per heavy atom. The van der Waals surface area contributed by atoms with Gasteiger partial charge in [-0.2, -0.15) is 15.5 Å². The van der Waals surface area contributed by atoms with E-state index in [1.165, 1.54) is 24.7 Å². The molecule has 2 saturated heterocycles. The lowest BCUT2D eigenvalue weighted by atomic mass is 9.90. The highest BCUT2D eigenvalue weighted by atomic mass is 16.8. The van der Waals surface area contributed by atoms with E-state index in [-0.39, 0.29) is 42.1 Å². The maximum absolute atomic E-state index is 13.5. The molecule has 14 heteroatoms. The van der Waals surface area contributed by atoms with Gasteiger partial charge in [-0.15, -0.1) is 0 Å². The zero-order valence-electron chi connectivity index (χ0n) is 21.5. The van der Waals surface area contributed by atoms with Gasteiger partial charge in [-0.05, 0) is 26.7 Å². The lowest BCUT2D eigenvalue weighted by molar-refractivity contribution is -0.293. The number of allylic oxidation sites excluding steroid dienone is 1. The number of ether oxygens (including phenoxy) is 3. The number of aliphatic hydroxyl groups excluding tert-OH is 1. The molecular weight excluding hydrogens is 498 g/mol. The topological polar surface area (TPSA) is 215 Å². The predicted octanol–water partition coefficient (Wildman–Crippen LogP) is 0.145. The minimum absolute atomic E-state index is 0.0298. The van der Waals surface area contributed by atoms with Crippen LogP contribution >= 0.6 is 0 Å². The van der Waals surface area contributed by atoms with Crippen LogP contribution in [0.5, 0.6) is 0 Å². The number of nitrogens with two attached hydrogens (primary N) is 1. The number of rotatable bonds is 8. The van der Waals surface area contributed by atoms with Crippen LogP contribution in [0.3, 0.4) is 0 Å². The Bertz CT molecular complexity index is 1400. The molecule has 0 aromatic carbocycles. The molecule has 2 aliphatic heterocycles. The highest BCUT2D eigenvalue weighted by Crippen LogP contribution is 2.49. The molecule has 0 saturated carbocycles. The molecule has 4 heterocycles. The number of hydrogen-bond acceptors (Lipinski definition) is 12. The molecular formula is C24H31N7O7. The fraction of sp³-hybridized carbons (Fsp3) is 0.625. The molecule has 0 bridgehead atoms. The summed E-state index contributed by atoms with van der Waals surface area (Å²) in [5.41, 5.74) is 2.20. The second-order valence-electron chi connectivity index (χ2n) is 9.85. The minimum Gasteiger partial charge on any atom is -0.394 e. The lowest BCUT2D eigenvalue weighted by Crippen LogP contribution is -2.54. The van der Waals surface area contributed by atoms with Crippen molar-refractivity contribution < 1.29 is 29.5 Å². The molecule has 5 unspecified atom stereocenters. The number of aliphatic hydroxyl groups is 3. The zero-order valence-corrected chi connectivity index (χ0v) is 21.5. The third-order valence-corrected chi connectivity index (χ3v) is 7.52. The second-order valence-corrected chi connectivity index (χ2v) is 9.85. The molecule has 7 atom stereocenters. The van der Waals surface area contributed by atoms with Gasteiger partial charge in [0.1, 0.15) is 29.5 Å². The summed E-state index contributed by atoms with van der Waals surface area (Å²) in [7, 11) is 0. The van der Waals surface area contributed by atoms with E-state index in [0.717, 1.165) is 10.6 Å². The summed E-state index contributed by atoms with van der Waals surface area (Å²) in [4.78, 5) is 22.0. The second kappa shape index (κ2) is 9.74. The molecule has 2 aromatic heterocycles. The monoisotopic (exact) mass is 529 g/mol. The standard InChI is InChI=1S/C24H31N7O7/c1-5-22(3,34)14(7-9-25)31-19(33)15-18(29-21(31)27)30(12-28-15)20-17-16(13(11-32)36-20)37-24(38-17,8-10-26)23(4,35)6-2/h7,12-13,16-17,20,32,34-35H,5-6,8,11H2,1-4H3,(H2,27,29)/b14-7-/t13-,16?,17?,20-,22?,23?,24?/m0/s1. The van der Waals surface area contributed by atoms with Crippen molar-refractivity contribution in [2.75, 3.05) is 12.3 Å². The van der Waals surface area contributed by atoms with E-state index in [1.54, 1.807) is 13.8 Å². The predicted molar refractivity (Wildman–Crippen MR) is 132 cm³/mol. The van der Waals surface area contributed by atoms with Crippen LogP contribution in [-0.2, 0) is 14.2 Å². The zero-order chi connectivity index (χ0) is 28.0. The number of nitrogen functional groups attached to an aromatic ring is 1. The van der Waals surface area contributed by atoms with E-state index in [4.69, 9.17) is 19.9 Å². The summed E-state index contributed by atoms with van der Waals surface area (Å²) >= 11 is 0. The molecule has 2 aromatic rings. The Balaban J connectivity index is 1.83. The first kappa shape index (κ1) is 27.7. The lowest BCUT2D eigenvalue weighted by Gasteiger charge is -2.40. The highest BCUT2D eigenvalue weighted by Gasteiger charge is 2.64. The number of nitrogens with zero attached hydrogens (tertiary/aromatic N) is 6. The molecule has 2 aliphatic rings. The minimum atomic E-state index is -1.68. The van der Waals surface area contributed by atoms with Crippen LogP contribution in [0, 0.1) is 22.7 Å². The van der Waals surface area contributed by atoms with Crippen molar-refractivity contribution >= 4 is 22.8 Å². The van der Waals surface area contributed by atoms with Gasteiger partial charge in [0.15, 0.2) is 17.4 Å². The largest absolute Gasteiger partial charge is 0.394 e. The molecule has 0 radical (unpaired) electrons. The summed E-state index contributed by atoms with van der Waals surface area (Å²) in [6, 6.07) is 3.82. The van der Waals surface area contributed by atoms with E-state index >= 15 is 0 Å². The Morgan fingerprint density at radius 3 is 2.53 bits per heavy atom. The fourth-order valence-corrected chi connectivity index (χ4v) is 4.82. The fourth-order valence-electron chi connectivity index (χ4n) is 4.82. The van der Waals surface area contributed by atoms with Gasteiger partial charge in [0.25, 0.3) is 5.56 Å². The molecule has 0 aliphatic carbocycles. The van der Waals surface area contributed by atoms with Gasteiger partial charge in [0.2, 0.25) is 11.7 Å². The first-order chi connectivity index (χ1) is 17.9. The maximum atomic E-state index is 13.5. The summed E-state index contributed by atoms with van der Waals surface area (Å²) < 4.78 is 20.6.